The van der Waals surface area contributed by atoms with Crippen LogP contribution in [-0.4, -0.2) is 25.0 Å². The molecule has 1 saturated heterocycles. The molecule has 0 aliphatic carbocycles. The smallest absolute Gasteiger partial charge is 0.241 e. The fourth-order valence-corrected chi connectivity index (χ4v) is 2.69. The number of hydrogen-bond donors (Lipinski definition) is 2. The van der Waals surface area contributed by atoms with Crippen molar-refractivity contribution in [3.8, 4) is 0 Å². The zero-order valence-corrected chi connectivity index (χ0v) is 13.4. The van der Waals surface area contributed by atoms with Crippen LogP contribution < -0.4 is 16.0 Å². The molecule has 0 saturated carbocycles. The van der Waals surface area contributed by atoms with E-state index in [9.17, 15) is 4.79 Å². The molecule has 1 amide bonds. The summed E-state index contributed by atoms with van der Waals surface area (Å²) in [5.74, 6) is 0.0931. The number of nitrogens with one attached hydrogen (secondary N) is 1. The van der Waals surface area contributed by atoms with E-state index in [1.807, 2.05) is 26.8 Å². The van der Waals surface area contributed by atoms with Crippen LogP contribution in [0.15, 0.2) is 18.2 Å². The van der Waals surface area contributed by atoms with Gasteiger partial charge in [-0.05, 0) is 49.4 Å². The van der Waals surface area contributed by atoms with Crippen molar-refractivity contribution in [1.29, 1.82) is 0 Å². The number of nitrogens with two attached hydrogens (primary N) is 1. The molecule has 4 heteroatoms. The molecule has 1 fully saturated rings. The predicted molar refractivity (Wildman–Crippen MR) is 88.7 cm³/mol. The Hall–Kier alpha value is -1.55. The molecule has 21 heavy (non-hydrogen) atoms. The Labute approximate surface area is 127 Å². The average molecular weight is 289 g/mol. The van der Waals surface area contributed by atoms with Gasteiger partial charge in [0.1, 0.15) is 0 Å². The van der Waals surface area contributed by atoms with Crippen LogP contribution in [0.1, 0.15) is 38.7 Å². The predicted octanol–water partition coefficient (Wildman–Crippen LogP) is 2.91. The Morgan fingerprint density at radius 2 is 2.05 bits per heavy atom. The van der Waals surface area contributed by atoms with Crippen molar-refractivity contribution in [3.63, 3.8) is 0 Å². The third kappa shape index (κ3) is 3.76. The lowest BCUT2D eigenvalue weighted by Gasteiger charge is -2.21. The maximum Gasteiger partial charge on any atom is 0.241 e. The van der Waals surface area contributed by atoms with Crippen LogP contribution in [-0.2, 0) is 4.79 Å². The highest BCUT2D eigenvalue weighted by Crippen LogP contribution is 2.25. The lowest BCUT2D eigenvalue weighted by atomic mass is 9.99. The Bertz CT molecular complexity index is 495. The van der Waals surface area contributed by atoms with Crippen molar-refractivity contribution in [2.24, 2.45) is 11.7 Å². The first-order chi connectivity index (χ1) is 10.0. The van der Waals surface area contributed by atoms with Crippen molar-refractivity contribution in [1.82, 2.24) is 0 Å². The van der Waals surface area contributed by atoms with Crippen molar-refractivity contribution < 1.29 is 4.79 Å². The molecule has 0 aromatic heterocycles. The average Bonchev–Trinajstić information content (AvgIpc) is 3.01. The van der Waals surface area contributed by atoms with Crippen LogP contribution in [0.5, 0.6) is 0 Å². The van der Waals surface area contributed by atoms with Gasteiger partial charge in [0.25, 0.3) is 0 Å². The SMILES string of the molecule is CCC(C)[C@H](N)C(=O)Nc1ccc(N2CCCC2)cc1C. The normalized spacial score (nSPS) is 17.6. The van der Waals surface area contributed by atoms with E-state index < -0.39 is 6.04 Å². The molecule has 3 N–H and O–H groups in total. The van der Waals surface area contributed by atoms with E-state index in [1.54, 1.807) is 0 Å². The van der Waals surface area contributed by atoms with Gasteiger partial charge in [0.2, 0.25) is 5.91 Å². The number of hydrogen-bond acceptors (Lipinski definition) is 3. The summed E-state index contributed by atoms with van der Waals surface area (Å²) >= 11 is 0. The number of amides is 1. The molecular weight excluding hydrogens is 262 g/mol. The van der Waals surface area contributed by atoms with E-state index in [0.717, 1.165) is 30.8 Å². The van der Waals surface area contributed by atoms with Crippen LogP contribution in [0.2, 0.25) is 0 Å². The maximum absolute atomic E-state index is 12.2. The molecule has 1 aromatic rings. The summed E-state index contributed by atoms with van der Waals surface area (Å²) in [5.41, 5.74) is 9.17. The zero-order chi connectivity index (χ0) is 15.4. The van der Waals surface area contributed by atoms with E-state index in [1.165, 1.54) is 18.5 Å². The fraction of sp³-hybridized carbons (Fsp3) is 0.588. The lowest BCUT2D eigenvalue weighted by Crippen LogP contribution is -2.40. The largest absolute Gasteiger partial charge is 0.372 e. The van der Waals surface area contributed by atoms with Crippen LogP contribution in [0, 0.1) is 12.8 Å². The summed E-state index contributed by atoms with van der Waals surface area (Å²) in [6.45, 7) is 8.35. The molecule has 1 unspecified atom stereocenters. The second kappa shape index (κ2) is 6.94. The van der Waals surface area contributed by atoms with Gasteiger partial charge in [-0.15, -0.1) is 0 Å². The molecule has 1 aromatic carbocycles. The van der Waals surface area contributed by atoms with Crippen molar-refractivity contribution in [2.75, 3.05) is 23.3 Å². The first-order valence-corrected chi connectivity index (χ1v) is 7.95. The molecule has 0 radical (unpaired) electrons. The molecule has 2 rings (SSSR count). The molecule has 1 aliphatic rings. The summed E-state index contributed by atoms with van der Waals surface area (Å²) in [6.07, 6.45) is 3.43. The van der Waals surface area contributed by atoms with Gasteiger partial charge in [0, 0.05) is 24.5 Å². The number of rotatable bonds is 5. The number of aryl methyl sites for hydroxylation is 1. The first-order valence-electron chi connectivity index (χ1n) is 7.95. The van der Waals surface area contributed by atoms with Crippen molar-refractivity contribution >= 4 is 17.3 Å². The van der Waals surface area contributed by atoms with Gasteiger partial charge >= 0.3 is 0 Å². The molecule has 1 heterocycles. The summed E-state index contributed by atoms with van der Waals surface area (Å²) in [4.78, 5) is 14.6. The molecule has 4 nitrogen and oxygen atoms in total. The van der Waals surface area contributed by atoms with E-state index in [0.29, 0.717) is 0 Å². The number of carbonyl (C=O) groups is 1. The molecule has 116 valence electrons. The number of anilines is 2. The highest BCUT2D eigenvalue weighted by atomic mass is 16.2. The van der Waals surface area contributed by atoms with E-state index >= 15 is 0 Å². The fourth-order valence-electron chi connectivity index (χ4n) is 2.69. The van der Waals surface area contributed by atoms with Gasteiger partial charge in [-0.3, -0.25) is 4.79 Å². The van der Waals surface area contributed by atoms with Gasteiger partial charge < -0.3 is 16.0 Å². The summed E-state index contributed by atoms with van der Waals surface area (Å²) in [7, 11) is 0. The summed E-state index contributed by atoms with van der Waals surface area (Å²) in [6, 6.07) is 5.77. The third-order valence-electron chi connectivity index (χ3n) is 4.50. The highest BCUT2D eigenvalue weighted by Gasteiger charge is 2.20. The minimum absolute atomic E-state index is 0.0960. The standard InChI is InChI=1S/C17H27N3O/c1-4-12(2)16(18)17(21)19-15-8-7-14(11-13(15)3)20-9-5-6-10-20/h7-8,11-12,16H,4-6,9-10,18H2,1-3H3,(H,19,21)/t12?,16-/m0/s1. The minimum atomic E-state index is -0.451. The summed E-state index contributed by atoms with van der Waals surface area (Å²) in [5, 5.41) is 2.96. The number of benzene rings is 1. The van der Waals surface area contributed by atoms with Gasteiger partial charge in [-0.1, -0.05) is 20.3 Å². The quantitative estimate of drug-likeness (QED) is 0.876. The van der Waals surface area contributed by atoms with Crippen LogP contribution in [0.3, 0.4) is 0 Å². The van der Waals surface area contributed by atoms with E-state index in [-0.39, 0.29) is 11.8 Å². The van der Waals surface area contributed by atoms with Crippen LogP contribution in [0.4, 0.5) is 11.4 Å². The first kappa shape index (κ1) is 15.8. The second-order valence-electron chi connectivity index (χ2n) is 6.09. The van der Waals surface area contributed by atoms with Crippen LogP contribution in [0.25, 0.3) is 0 Å². The molecule has 0 bridgehead atoms. The molecular formula is C17H27N3O. The zero-order valence-electron chi connectivity index (χ0n) is 13.4. The maximum atomic E-state index is 12.2. The number of carbonyl (C=O) groups excluding carboxylic acids is 1. The summed E-state index contributed by atoms with van der Waals surface area (Å²) < 4.78 is 0. The Balaban J connectivity index is 2.05. The lowest BCUT2D eigenvalue weighted by molar-refractivity contribution is -0.118. The molecule has 1 aliphatic heterocycles. The number of nitrogens with zero attached hydrogens (tertiary/aromatic N) is 1. The highest BCUT2D eigenvalue weighted by molar-refractivity contribution is 5.95. The van der Waals surface area contributed by atoms with Crippen LogP contribution >= 0.6 is 0 Å². The topological polar surface area (TPSA) is 58.4 Å². The molecule has 0 spiro atoms. The Morgan fingerprint density at radius 3 is 2.62 bits per heavy atom. The monoisotopic (exact) mass is 289 g/mol. The van der Waals surface area contributed by atoms with Crippen molar-refractivity contribution in [2.45, 2.75) is 46.1 Å². The minimum Gasteiger partial charge on any atom is -0.372 e. The van der Waals surface area contributed by atoms with Crippen molar-refractivity contribution in [3.05, 3.63) is 23.8 Å². The second-order valence-corrected chi connectivity index (χ2v) is 6.09. The Morgan fingerprint density at radius 1 is 1.38 bits per heavy atom. The van der Waals surface area contributed by atoms with Gasteiger partial charge in [0.15, 0.2) is 0 Å². The Kier molecular flexibility index (Phi) is 5.23. The molecule has 2 atom stereocenters. The van der Waals surface area contributed by atoms with Gasteiger partial charge in [-0.2, -0.15) is 0 Å². The van der Waals surface area contributed by atoms with E-state index in [2.05, 4.69) is 22.3 Å². The third-order valence-corrected chi connectivity index (χ3v) is 4.50. The van der Waals surface area contributed by atoms with Gasteiger partial charge in [-0.25, -0.2) is 0 Å². The van der Waals surface area contributed by atoms with Gasteiger partial charge in [0.05, 0.1) is 6.04 Å². The van der Waals surface area contributed by atoms with E-state index in [4.69, 9.17) is 5.73 Å².